The molecule has 0 bridgehead atoms. The first-order valence-electron chi connectivity index (χ1n) is 7.54. The number of hydrogen-bond acceptors (Lipinski definition) is 8. The second-order valence-electron chi connectivity index (χ2n) is 4.85. The molecule has 4 atom stereocenters. The van der Waals surface area contributed by atoms with Gasteiger partial charge in [-0.2, -0.15) is 9.97 Å². The monoisotopic (exact) mass is 329 g/mol. The molecule has 0 aromatic carbocycles. The molecular weight excluding hydrogens is 310 g/mol. The lowest BCUT2D eigenvalue weighted by Crippen LogP contribution is -2.32. The molecule has 3 unspecified atom stereocenters. The van der Waals surface area contributed by atoms with Gasteiger partial charge in [-0.3, -0.25) is 4.57 Å². The fourth-order valence-corrected chi connectivity index (χ4v) is 2.54. The number of nitrogen functional groups attached to an aromatic ring is 1. The van der Waals surface area contributed by atoms with Gasteiger partial charge in [0.1, 0.15) is 12.2 Å². The molecule has 1 aliphatic rings. The minimum Gasteiger partial charge on any atom is -0.476 e. The number of halogens is 1. The first-order chi connectivity index (χ1) is 11.5. The lowest BCUT2D eigenvalue weighted by molar-refractivity contribution is -0.0519. The Morgan fingerprint density at radius 1 is 1.57 bits per heavy atom. The van der Waals surface area contributed by atoms with E-state index in [0.717, 1.165) is 0 Å². The molecule has 2 aromatic heterocycles. The summed E-state index contributed by atoms with van der Waals surface area (Å²) in [6, 6.07) is 0. The maximum atomic E-state index is 14.8. The molecule has 126 valence electrons. The molecule has 1 aliphatic heterocycles. The zero-order valence-electron chi connectivity index (χ0n) is 13.6. The van der Waals surface area contributed by atoms with Crippen LogP contribution in [0.1, 0.15) is 14.5 Å². The van der Waals surface area contributed by atoms with Crippen molar-refractivity contribution in [2.75, 3.05) is 26.1 Å². The summed E-state index contributed by atoms with van der Waals surface area (Å²) in [5.74, 6) is 0.110. The summed E-state index contributed by atoms with van der Waals surface area (Å²) in [6.07, 6.45) is -5.05. The molecule has 10 heteroatoms. The van der Waals surface area contributed by atoms with E-state index in [-0.39, 0.29) is 17.5 Å². The Bertz CT molecular complexity index is 746. The number of ether oxygens (including phenoxy) is 3. The average molecular weight is 329 g/mol. The largest absolute Gasteiger partial charge is 0.476 e. The number of aliphatic hydroxyl groups is 1. The Morgan fingerprint density at radius 2 is 2.35 bits per heavy atom. The minimum absolute atomic E-state index is 0.0660. The molecular formula is C13H18FN5O4. The van der Waals surface area contributed by atoms with Gasteiger partial charge in [-0.05, 0) is 6.92 Å². The fraction of sp³-hybridized carbons (Fsp3) is 0.615. The van der Waals surface area contributed by atoms with E-state index in [9.17, 15) is 9.50 Å². The van der Waals surface area contributed by atoms with Crippen molar-refractivity contribution in [1.29, 1.82) is 0 Å². The van der Waals surface area contributed by atoms with Crippen molar-refractivity contribution in [2.45, 2.75) is 31.5 Å². The van der Waals surface area contributed by atoms with Crippen molar-refractivity contribution in [3.63, 3.8) is 0 Å². The van der Waals surface area contributed by atoms with Crippen molar-refractivity contribution >= 4 is 17.1 Å². The van der Waals surface area contributed by atoms with Crippen LogP contribution in [0.25, 0.3) is 11.2 Å². The molecule has 1 saturated heterocycles. The smallest absolute Gasteiger partial charge is 0.247 e. The minimum atomic E-state index is -2.04. The van der Waals surface area contributed by atoms with Gasteiger partial charge in [0.25, 0.3) is 0 Å². The van der Waals surface area contributed by atoms with Gasteiger partial charge in [0.15, 0.2) is 23.6 Å². The van der Waals surface area contributed by atoms with Crippen LogP contribution in [0.4, 0.5) is 10.3 Å². The summed E-state index contributed by atoms with van der Waals surface area (Å²) in [6.45, 7) is 1.55. The number of anilines is 1. The van der Waals surface area contributed by atoms with Crippen LogP contribution in [0.15, 0.2) is 6.33 Å². The highest BCUT2D eigenvalue weighted by Crippen LogP contribution is 2.35. The molecule has 9 nitrogen and oxygen atoms in total. The van der Waals surface area contributed by atoms with E-state index < -0.39 is 31.2 Å². The molecule has 0 amide bonds. The standard InChI is InChI=1S/C13H18FN5O4/c1-3-22-11-8-10(17-13(15)18-11)19(5-16-8)12-7(14)9(21-2)6(4-20)23-12/h5-7,9,12,20H,3-4H2,1-2H3,(H2,15,17,18)/t6?,7?,9-,12?/m1/s1/i9D,10+1. The van der Waals surface area contributed by atoms with Crippen LogP contribution in [-0.4, -0.2) is 63.3 Å². The van der Waals surface area contributed by atoms with E-state index in [4.69, 9.17) is 21.3 Å². The molecule has 3 N–H and O–H groups in total. The lowest BCUT2D eigenvalue weighted by Gasteiger charge is -2.16. The SMILES string of the molecule is [2H][C@@]1(OC)C(CO)OC(n2cnc3c(OCC)nc(N)n[13c]32)C1F. The van der Waals surface area contributed by atoms with Crippen molar-refractivity contribution in [1.82, 2.24) is 19.5 Å². The first-order valence-corrected chi connectivity index (χ1v) is 7.04. The Kier molecular flexibility index (Phi) is 3.93. The predicted octanol–water partition coefficient (Wildman–Crippen LogP) is 0.0500. The van der Waals surface area contributed by atoms with Gasteiger partial charge >= 0.3 is 0 Å². The van der Waals surface area contributed by atoms with E-state index in [1.807, 2.05) is 0 Å². The highest BCUT2D eigenvalue weighted by Gasteiger charge is 2.46. The molecule has 0 saturated carbocycles. The third-order valence-corrected chi connectivity index (χ3v) is 3.51. The summed E-state index contributed by atoms with van der Waals surface area (Å²) < 4.78 is 39.9. The van der Waals surface area contributed by atoms with Gasteiger partial charge in [-0.1, -0.05) is 0 Å². The number of fused-ring (bicyclic) bond motifs is 1. The molecule has 0 radical (unpaired) electrons. The highest BCUT2D eigenvalue weighted by molar-refractivity contribution is 5.77. The third kappa shape index (κ3) is 2.58. The predicted molar refractivity (Wildman–Crippen MR) is 77.6 cm³/mol. The van der Waals surface area contributed by atoms with Crippen LogP contribution < -0.4 is 10.5 Å². The zero-order chi connectivity index (χ0) is 17.5. The number of hydrogen-bond donors (Lipinski definition) is 2. The number of aliphatic hydroxyl groups excluding tert-OH is 1. The first kappa shape index (κ1) is 14.5. The number of nitrogens with two attached hydrogens (primary N) is 1. The lowest BCUT2D eigenvalue weighted by atomic mass is 10.1. The van der Waals surface area contributed by atoms with Gasteiger partial charge < -0.3 is 25.1 Å². The van der Waals surface area contributed by atoms with Crippen LogP contribution in [0, 0.1) is 0 Å². The molecule has 0 spiro atoms. The van der Waals surface area contributed by atoms with Gasteiger partial charge in [0.05, 0.1) is 20.9 Å². The van der Waals surface area contributed by atoms with Crippen LogP contribution in [0.5, 0.6) is 5.88 Å². The van der Waals surface area contributed by atoms with E-state index >= 15 is 0 Å². The van der Waals surface area contributed by atoms with Gasteiger partial charge in [0, 0.05) is 7.11 Å². The van der Waals surface area contributed by atoms with Crippen LogP contribution in [-0.2, 0) is 9.47 Å². The van der Waals surface area contributed by atoms with E-state index in [1.54, 1.807) is 6.92 Å². The number of alkyl halides is 1. The Labute approximate surface area is 132 Å². The summed E-state index contributed by atoms with van der Waals surface area (Å²) in [4.78, 5) is 12.1. The summed E-state index contributed by atoms with van der Waals surface area (Å²) in [7, 11) is 1.19. The van der Waals surface area contributed by atoms with E-state index in [1.165, 1.54) is 18.0 Å². The number of aromatic nitrogens is 4. The summed E-state index contributed by atoms with van der Waals surface area (Å²) >= 11 is 0. The maximum absolute atomic E-state index is 14.8. The summed E-state index contributed by atoms with van der Waals surface area (Å²) in [5.41, 5.74) is 6.17. The topological polar surface area (TPSA) is 118 Å². The van der Waals surface area contributed by atoms with Crippen molar-refractivity contribution in [2.24, 2.45) is 0 Å². The second-order valence-corrected chi connectivity index (χ2v) is 4.85. The van der Waals surface area contributed by atoms with Crippen molar-refractivity contribution in [3.8, 4) is 5.88 Å². The molecule has 0 aliphatic carbocycles. The fourth-order valence-electron chi connectivity index (χ4n) is 2.54. The molecule has 1 fully saturated rings. The van der Waals surface area contributed by atoms with E-state index in [2.05, 4.69) is 15.0 Å². The second kappa shape index (κ2) is 6.22. The number of imidazole rings is 1. The molecule has 2 aromatic rings. The van der Waals surface area contributed by atoms with Crippen LogP contribution in [0.3, 0.4) is 0 Å². The van der Waals surface area contributed by atoms with Crippen molar-refractivity contribution in [3.05, 3.63) is 6.33 Å². The average Bonchev–Trinajstić information content (AvgIpc) is 3.08. The van der Waals surface area contributed by atoms with Gasteiger partial charge in [-0.25, -0.2) is 9.37 Å². The number of rotatable bonds is 5. The Hall–Kier alpha value is -2.04. The van der Waals surface area contributed by atoms with Gasteiger partial charge in [-0.15, -0.1) is 0 Å². The quantitative estimate of drug-likeness (QED) is 0.790. The van der Waals surface area contributed by atoms with Crippen molar-refractivity contribution < 1.29 is 25.1 Å². The van der Waals surface area contributed by atoms with Gasteiger partial charge in [0.2, 0.25) is 11.8 Å². The Balaban J connectivity index is 2.07. The molecule has 23 heavy (non-hydrogen) atoms. The highest BCUT2D eigenvalue weighted by atomic mass is 19.1. The molecule has 3 rings (SSSR count). The summed E-state index contributed by atoms with van der Waals surface area (Å²) in [5, 5.41) is 9.36. The Morgan fingerprint density at radius 3 is 2.96 bits per heavy atom. The number of methoxy groups -OCH3 is 1. The molecule has 3 heterocycles. The van der Waals surface area contributed by atoms with Crippen LogP contribution in [0.2, 0.25) is 0 Å². The van der Waals surface area contributed by atoms with E-state index in [0.29, 0.717) is 12.1 Å². The zero-order valence-corrected chi connectivity index (χ0v) is 12.6. The maximum Gasteiger partial charge on any atom is 0.247 e. The normalized spacial score (nSPS) is 31.5. The number of nitrogens with zero attached hydrogens (tertiary/aromatic N) is 4. The third-order valence-electron chi connectivity index (χ3n) is 3.51. The van der Waals surface area contributed by atoms with Crippen LogP contribution >= 0.6 is 0 Å².